The summed E-state index contributed by atoms with van der Waals surface area (Å²) in [5.74, 6) is 1.36. The van der Waals surface area contributed by atoms with Gasteiger partial charge in [0.25, 0.3) is 0 Å². The Morgan fingerprint density at radius 3 is 2.68 bits per heavy atom. The van der Waals surface area contributed by atoms with Crippen LogP contribution in [0.3, 0.4) is 0 Å². The zero-order valence-electron chi connectivity index (χ0n) is 15.8. The molecule has 1 N–H and O–H groups in total. The van der Waals surface area contributed by atoms with E-state index in [1.807, 2.05) is 42.6 Å². The maximum Gasteiger partial charge on any atom is 0.230 e. The molecule has 0 unspecified atom stereocenters. The number of aryl methyl sites for hydroxylation is 1. The maximum absolute atomic E-state index is 12.4. The molecule has 0 spiro atoms. The number of hydrogen-bond donors (Lipinski definition) is 1. The number of likely N-dealkylation sites (tertiary alicyclic amines) is 1. The van der Waals surface area contributed by atoms with Crippen molar-refractivity contribution in [3.63, 3.8) is 0 Å². The van der Waals surface area contributed by atoms with E-state index in [2.05, 4.69) is 25.4 Å². The summed E-state index contributed by atoms with van der Waals surface area (Å²) in [4.78, 5) is 19.0. The van der Waals surface area contributed by atoms with Crippen molar-refractivity contribution in [1.29, 1.82) is 0 Å². The molecular weight excluding hydrogens is 374 g/mol. The number of carbonyl (C=O) groups excluding carboxylic acids is 1. The van der Waals surface area contributed by atoms with Crippen LogP contribution < -0.4 is 5.32 Å². The molecule has 1 aromatic carbocycles. The summed E-state index contributed by atoms with van der Waals surface area (Å²) in [5.41, 5.74) is 2.08. The van der Waals surface area contributed by atoms with Crippen LogP contribution in [0, 0.1) is 12.8 Å². The molecule has 8 heteroatoms. The topological polar surface area (TPSA) is 84.2 Å². The van der Waals surface area contributed by atoms with E-state index in [-0.39, 0.29) is 11.8 Å². The number of anilines is 1. The number of carbonyl (C=O) groups is 1. The number of piperidine rings is 1. The summed E-state index contributed by atoms with van der Waals surface area (Å²) >= 11 is 1.47. The molecular formula is C20H23N5O2S. The van der Waals surface area contributed by atoms with Crippen LogP contribution in [-0.4, -0.2) is 39.1 Å². The Morgan fingerprint density at radius 1 is 1.21 bits per heavy atom. The van der Waals surface area contributed by atoms with Crippen molar-refractivity contribution in [3.8, 4) is 0 Å². The molecule has 1 amide bonds. The van der Waals surface area contributed by atoms with E-state index in [9.17, 15) is 4.79 Å². The van der Waals surface area contributed by atoms with Gasteiger partial charge in [0, 0.05) is 11.3 Å². The second-order valence-corrected chi connectivity index (χ2v) is 7.94. The van der Waals surface area contributed by atoms with Gasteiger partial charge in [0.1, 0.15) is 0 Å². The molecule has 7 nitrogen and oxygen atoms in total. The zero-order chi connectivity index (χ0) is 19.3. The Labute approximate surface area is 167 Å². The minimum Gasteiger partial charge on any atom is -0.424 e. The molecule has 0 bridgehead atoms. The minimum atomic E-state index is 0.0248. The standard InChI is InChI=1S/C20H23N5O2S/c1-14-13-28-20(21-14)22-19(26)16-7-9-25(10-8-16)12-18-24-23-17(27-18)11-15-5-3-2-4-6-15/h2-6,13,16H,7-12H2,1H3,(H,21,22,26). The van der Waals surface area contributed by atoms with E-state index in [4.69, 9.17) is 4.42 Å². The van der Waals surface area contributed by atoms with Crippen molar-refractivity contribution in [2.45, 2.75) is 32.7 Å². The Kier molecular flexibility index (Phi) is 5.78. The van der Waals surface area contributed by atoms with Gasteiger partial charge in [-0.15, -0.1) is 21.5 Å². The van der Waals surface area contributed by atoms with Crippen molar-refractivity contribution in [2.75, 3.05) is 18.4 Å². The number of aromatic nitrogens is 3. The number of benzene rings is 1. The molecule has 1 saturated heterocycles. The first-order chi connectivity index (χ1) is 13.7. The van der Waals surface area contributed by atoms with Gasteiger partial charge in [0.15, 0.2) is 5.13 Å². The number of nitrogens with one attached hydrogen (secondary N) is 1. The van der Waals surface area contributed by atoms with E-state index in [1.165, 1.54) is 11.3 Å². The van der Waals surface area contributed by atoms with E-state index in [0.717, 1.165) is 37.2 Å². The average Bonchev–Trinajstić information content (AvgIpc) is 3.32. The highest BCUT2D eigenvalue weighted by Gasteiger charge is 2.26. The normalized spacial score (nSPS) is 15.6. The van der Waals surface area contributed by atoms with Crippen molar-refractivity contribution in [1.82, 2.24) is 20.1 Å². The van der Waals surface area contributed by atoms with Gasteiger partial charge in [-0.3, -0.25) is 9.69 Å². The van der Waals surface area contributed by atoms with Crippen LogP contribution in [0.5, 0.6) is 0 Å². The third-order valence-corrected chi connectivity index (χ3v) is 5.75. The summed E-state index contributed by atoms with van der Waals surface area (Å²) in [6.07, 6.45) is 2.29. The van der Waals surface area contributed by atoms with Gasteiger partial charge < -0.3 is 9.73 Å². The first kappa shape index (κ1) is 18.8. The monoisotopic (exact) mass is 397 g/mol. The van der Waals surface area contributed by atoms with Crippen molar-refractivity contribution in [2.24, 2.45) is 5.92 Å². The van der Waals surface area contributed by atoms with Gasteiger partial charge >= 0.3 is 0 Å². The average molecular weight is 398 g/mol. The van der Waals surface area contributed by atoms with Gasteiger partial charge in [-0.25, -0.2) is 4.98 Å². The van der Waals surface area contributed by atoms with Crippen LogP contribution in [0.4, 0.5) is 5.13 Å². The predicted molar refractivity (Wildman–Crippen MR) is 107 cm³/mol. The van der Waals surface area contributed by atoms with Gasteiger partial charge in [0.2, 0.25) is 17.7 Å². The van der Waals surface area contributed by atoms with Gasteiger partial charge in [-0.05, 0) is 38.4 Å². The summed E-state index contributed by atoms with van der Waals surface area (Å²) in [6.45, 7) is 4.23. The van der Waals surface area contributed by atoms with Crippen molar-refractivity contribution in [3.05, 3.63) is 58.8 Å². The lowest BCUT2D eigenvalue weighted by atomic mass is 9.96. The third-order valence-electron chi connectivity index (χ3n) is 4.87. The fourth-order valence-corrected chi connectivity index (χ4v) is 4.05. The molecule has 1 aliphatic rings. The molecule has 146 valence electrons. The molecule has 0 aliphatic carbocycles. The lowest BCUT2D eigenvalue weighted by Crippen LogP contribution is -2.37. The predicted octanol–water partition coefficient (Wildman–Crippen LogP) is 3.28. The van der Waals surface area contributed by atoms with Gasteiger partial charge in [-0.1, -0.05) is 30.3 Å². The van der Waals surface area contributed by atoms with Gasteiger partial charge in [-0.2, -0.15) is 0 Å². The Morgan fingerprint density at radius 2 is 1.96 bits per heavy atom. The highest BCUT2D eigenvalue weighted by atomic mass is 32.1. The van der Waals surface area contributed by atoms with E-state index >= 15 is 0 Å². The SMILES string of the molecule is Cc1csc(NC(=O)C2CCN(Cc3nnc(Cc4ccccc4)o3)CC2)n1. The Bertz CT molecular complexity index is 916. The van der Waals surface area contributed by atoms with Crippen LogP contribution in [0.15, 0.2) is 40.1 Å². The summed E-state index contributed by atoms with van der Waals surface area (Å²) in [6, 6.07) is 10.1. The highest BCUT2D eigenvalue weighted by molar-refractivity contribution is 7.13. The van der Waals surface area contributed by atoms with E-state index in [0.29, 0.717) is 29.9 Å². The van der Waals surface area contributed by atoms with Crippen LogP contribution in [-0.2, 0) is 17.8 Å². The van der Waals surface area contributed by atoms with Crippen LogP contribution in [0.2, 0.25) is 0 Å². The highest BCUT2D eigenvalue weighted by Crippen LogP contribution is 2.22. The first-order valence-corrected chi connectivity index (χ1v) is 10.3. The summed E-state index contributed by atoms with van der Waals surface area (Å²) < 4.78 is 5.80. The largest absolute Gasteiger partial charge is 0.424 e. The van der Waals surface area contributed by atoms with E-state index < -0.39 is 0 Å². The lowest BCUT2D eigenvalue weighted by molar-refractivity contribution is -0.121. The molecule has 4 rings (SSSR count). The number of rotatable bonds is 6. The van der Waals surface area contributed by atoms with Crippen LogP contribution in [0.25, 0.3) is 0 Å². The molecule has 3 aromatic rings. The second-order valence-electron chi connectivity index (χ2n) is 7.09. The quantitative estimate of drug-likeness (QED) is 0.687. The number of hydrogen-bond acceptors (Lipinski definition) is 7. The third kappa shape index (κ3) is 4.82. The smallest absolute Gasteiger partial charge is 0.230 e. The molecule has 1 fully saturated rings. The molecule has 0 radical (unpaired) electrons. The van der Waals surface area contributed by atoms with Crippen LogP contribution >= 0.6 is 11.3 Å². The lowest BCUT2D eigenvalue weighted by Gasteiger charge is -2.29. The molecule has 1 aliphatic heterocycles. The number of nitrogens with zero attached hydrogens (tertiary/aromatic N) is 4. The molecule has 2 aromatic heterocycles. The molecule has 28 heavy (non-hydrogen) atoms. The fraction of sp³-hybridized carbons (Fsp3) is 0.400. The van der Waals surface area contributed by atoms with Crippen molar-refractivity contribution < 1.29 is 9.21 Å². The number of thiazole rings is 1. The molecule has 0 atom stereocenters. The maximum atomic E-state index is 12.4. The van der Waals surface area contributed by atoms with Gasteiger partial charge in [0.05, 0.1) is 18.7 Å². The second kappa shape index (κ2) is 8.62. The van der Waals surface area contributed by atoms with E-state index in [1.54, 1.807) is 0 Å². The summed E-state index contributed by atoms with van der Waals surface area (Å²) in [5, 5.41) is 13.9. The first-order valence-electron chi connectivity index (χ1n) is 9.46. The molecule has 3 heterocycles. The summed E-state index contributed by atoms with van der Waals surface area (Å²) in [7, 11) is 0. The Balaban J connectivity index is 1.25. The molecule has 0 saturated carbocycles. The van der Waals surface area contributed by atoms with Crippen molar-refractivity contribution >= 4 is 22.4 Å². The fourth-order valence-electron chi connectivity index (χ4n) is 3.36. The number of amides is 1. The minimum absolute atomic E-state index is 0.0248. The zero-order valence-corrected chi connectivity index (χ0v) is 16.6. The Hall–Kier alpha value is -2.58. The van der Waals surface area contributed by atoms with Crippen LogP contribution in [0.1, 0.15) is 35.9 Å².